The normalized spacial score (nSPS) is 16.8. The van der Waals surface area contributed by atoms with Gasteiger partial charge in [0.05, 0.1) is 30.3 Å². The molecule has 1 aliphatic carbocycles. The van der Waals surface area contributed by atoms with Crippen molar-refractivity contribution in [1.82, 2.24) is 0 Å². The van der Waals surface area contributed by atoms with E-state index in [9.17, 15) is 10.1 Å². The largest absolute Gasteiger partial charge is 0.493 e. The van der Waals surface area contributed by atoms with E-state index in [1.807, 2.05) is 103 Å². The van der Waals surface area contributed by atoms with E-state index in [-0.39, 0.29) is 30.5 Å². The summed E-state index contributed by atoms with van der Waals surface area (Å²) in [5.41, 5.74) is 10.9. The Kier molecular flexibility index (Phi) is 8.69. The van der Waals surface area contributed by atoms with Gasteiger partial charge in [0, 0.05) is 11.6 Å². The minimum atomic E-state index is -0.374. The van der Waals surface area contributed by atoms with Crippen LogP contribution in [0, 0.1) is 17.2 Å². The molecular formula is C45H36N2O4. The number of ether oxygens (including phenoxy) is 3. The lowest BCUT2D eigenvalue weighted by atomic mass is 9.74. The fourth-order valence-corrected chi connectivity index (χ4v) is 7.62. The molecule has 0 unspecified atom stereocenters. The van der Waals surface area contributed by atoms with Crippen LogP contribution in [0.1, 0.15) is 61.3 Å². The molecule has 6 aromatic rings. The van der Waals surface area contributed by atoms with Crippen LogP contribution in [-0.2, 0) is 24.4 Å². The van der Waals surface area contributed by atoms with Crippen molar-refractivity contribution in [1.29, 1.82) is 5.26 Å². The van der Waals surface area contributed by atoms with Crippen LogP contribution in [0.5, 0.6) is 11.5 Å². The van der Waals surface area contributed by atoms with Gasteiger partial charge in [-0.1, -0.05) is 97.1 Å². The summed E-state index contributed by atoms with van der Waals surface area (Å²) in [7, 11) is 1.67. The minimum Gasteiger partial charge on any atom is -0.493 e. The molecule has 51 heavy (non-hydrogen) atoms. The van der Waals surface area contributed by atoms with E-state index in [2.05, 4.69) is 47.8 Å². The van der Waals surface area contributed by atoms with Gasteiger partial charge in [-0.15, -0.1) is 0 Å². The van der Waals surface area contributed by atoms with Crippen LogP contribution in [0.15, 0.2) is 140 Å². The van der Waals surface area contributed by atoms with Gasteiger partial charge in [0.15, 0.2) is 11.5 Å². The maximum absolute atomic E-state index is 13.0. The first-order valence-electron chi connectivity index (χ1n) is 17.2. The van der Waals surface area contributed by atoms with Crippen LogP contribution in [0.25, 0.3) is 11.1 Å². The predicted molar refractivity (Wildman–Crippen MR) is 198 cm³/mol. The summed E-state index contributed by atoms with van der Waals surface area (Å²) in [6.07, 6.45) is 0.884. The first kappa shape index (κ1) is 31.9. The number of carbonyl (C=O) groups excluding carboxylic acids is 1. The van der Waals surface area contributed by atoms with E-state index in [4.69, 9.17) is 14.2 Å². The van der Waals surface area contributed by atoms with E-state index in [1.54, 1.807) is 7.11 Å². The molecule has 6 aromatic carbocycles. The second-order valence-corrected chi connectivity index (χ2v) is 13.1. The molecular weight excluding hydrogens is 633 g/mol. The Bertz CT molecular complexity index is 2240. The molecule has 1 N–H and O–H groups in total. The summed E-state index contributed by atoms with van der Waals surface area (Å²) < 4.78 is 18.0. The number of nitriles is 1. The molecule has 1 heterocycles. The van der Waals surface area contributed by atoms with Crippen LogP contribution >= 0.6 is 0 Å². The number of carbonyl (C=O) groups is 1. The highest BCUT2D eigenvalue weighted by Crippen LogP contribution is 2.55. The van der Waals surface area contributed by atoms with Gasteiger partial charge in [0.25, 0.3) is 0 Å². The van der Waals surface area contributed by atoms with Crippen molar-refractivity contribution in [2.75, 3.05) is 12.4 Å². The zero-order valence-corrected chi connectivity index (χ0v) is 28.2. The van der Waals surface area contributed by atoms with Crippen molar-refractivity contribution >= 4 is 11.7 Å². The number of anilines is 1. The molecule has 6 heteroatoms. The molecule has 250 valence electrons. The SMILES string of the molecule is COc1cc([C@H]2Nc3ccc(C#N)cc3[C@H]3c4ccccc4C[C@H]32)c(-c2ccc(C(=O)OCc3ccccc3)cc2)cc1OCc1ccccc1. The zero-order chi connectivity index (χ0) is 34.7. The number of esters is 1. The Labute approximate surface area is 297 Å². The number of fused-ring (bicyclic) bond motifs is 5. The van der Waals surface area contributed by atoms with Crippen molar-refractivity contribution in [2.45, 2.75) is 31.6 Å². The highest BCUT2D eigenvalue weighted by molar-refractivity contribution is 5.90. The van der Waals surface area contributed by atoms with Crippen LogP contribution in [0.2, 0.25) is 0 Å². The predicted octanol–water partition coefficient (Wildman–Crippen LogP) is 9.64. The minimum absolute atomic E-state index is 0.0922. The summed E-state index contributed by atoms with van der Waals surface area (Å²) in [6.45, 7) is 0.597. The average molecular weight is 669 g/mol. The fourth-order valence-electron chi connectivity index (χ4n) is 7.62. The monoisotopic (exact) mass is 668 g/mol. The smallest absolute Gasteiger partial charge is 0.338 e. The molecule has 6 nitrogen and oxygen atoms in total. The molecule has 1 aliphatic heterocycles. The van der Waals surface area contributed by atoms with Gasteiger partial charge in [0.1, 0.15) is 13.2 Å². The van der Waals surface area contributed by atoms with Gasteiger partial charge >= 0.3 is 5.97 Å². The number of nitrogens with zero attached hydrogens (tertiary/aromatic N) is 1. The van der Waals surface area contributed by atoms with Crippen LogP contribution in [0.4, 0.5) is 5.69 Å². The molecule has 0 amide bonds. The summed E-state index contributed by atoms with van der Waals surface area (Å²) in [6, 6.07) is 48.3. The van der Waals surface area contributed by atoms with Crippen LogP contribution in [-0.4, -0.2) is 13.1 Å². The molecule has 0 saturated heterocycles. The Morgan fingerprint density at radius 3 is 2.18 bits per heavy atom. The topological polar surface area (TPSA) is 80.6 Å². The molecule has 3 atom stereocenters. The maximum Gasteiger partial charge on any atom is 0.338 e. The first-order chi connectivity index (χ1) is 25.1. The number of methoxy groups -OCH3 is 1. The molecule has 8 rings (SSSR count). The van der Waals surface area contributed by atoms with Gasteiger partial charge in [-0.2, -0.15) is 5.26 Å². The number of nitrogens with one attached hydrogen (secondary N) is 1. The lowest BCUT2D eigenvalue weighted by Crippen LogP contribution is -2.31. The quantitative estimate of drug-likeness (QED) is 0.155. The highest BCUT2D eigenvalue weighted by atomic mass is 16.5. The van der Waals surface area contributed by atoms with E-state index in [0.29, 0.717) is 29.2 Å². The second-order valence-electron chi connectivity index (χ2n) is 13.1. The number of hydrogen-bond acceptors (Lipinski definition) is 6. The van der Waals surface area contributed by atoms with Gasteiger partial charge in [-0.05, 0) is 99.3 Å². The van der Waals surface area contributed by atoms with Crippen molar-refractivity contribution in [3.05, 3.63) is 184 Å². The van der Waals surface area contributed by atoms with E-state index in [1.165, 1.54) is 11.1 Å². The summed E-state index contributed by atoms with van der Waals surface area (Å²) in [4.78, 5) is 13.0. The molecule has 0 bridgehead atoms. The van der Waals surface area contributed by atoms with E-state index in [0.717, 1.165) is 45.5 Å². The van der Waals surface area contributed by atoms with E-state index >= 15 is 0 Å². The van der Waals surface area contributed by atoms with Crippen LogP contribution in [0.3, 0.4) is 0 Å². The fraction of sp³-hybridized carbons (Fsp3) is 0.156. The molecule has 0 spiro atoms. The number of benzene rings is 6. The second kappa shape index (κ2) is 13.9. The molecule has 0 aromatic heterocycles. The Balaban J connectivity index is 1.20. The molecule has 2 aliphatic rings. The maximum atomic E-state index is 13.0. The van der Waals surface area contributed by atoms with Gasteiger partial charge < -0.3 is 19.5 Å². The molecule has 0 fully saturated rings. The Morgan fingerprint density at radius 1 is 0.745 bits per heavy atom. The standard InChI is InChI=1S/C45H36N2O4/c1-49-41-25-37(44-39-23-34-14-8-9-15-35(34)43(39)38-22-31(26-46)16-21-40(38)47-44)36(24-42(41)50-27-29-10-4-2-5-11-29)32-17-19-33(20-18-32)45(48)51-28-30-12-6-3-7-13-30/h2-22,24-25,39,43-44,47H,23,27-28H2,1H3/t39-,43-,44-/m1/s1. The molecule has 0 saturated carbocycles. The summed E-state index contributed by atoms with van der Waals surface area (Å²) in [5, 5.41) is 13.7. The van der Waals surface area contributed by atoms with Crippen molar-refractivity contribution < 1.29 is 19.0 Å². The highest BCUT2D eigenvalue weighted by Gasteiger charge is 2.44. The molecule has 0 radical (unpaired) electrons. The lowest BCUT2D eigenvalue weighted by molar-refractivity contribution is 0.0472. The first-order valence-corrected chi connectivity index (χ1v) is 17.2. The third-order valence-electron chi connectivity index (χ3n) is 10.1. The van der Waals surface area contributed by atoms with Crippen molar-refractivity contribution in [3.8, 4) is 28.7 Å². The Hall–Kier alpha value is -6.32. The van der Waals surface area contributed by atoms with Gasteiger partial charge in [0.2, 0.25) is 0 Å². The van der Waals surface area contributed by atoms with Crippen LogP contribution < -0.4 is 14.8 Å². The van der Waals surface area contributed by atoms with Gasteiger partial charge in [-0.3, -0.25) is 0 Å². The summed E-state index contributed by atoms with van der Waals surface area (Å²) >= 11 is 0. The third kappa shape index (κ3) is 6.31. The Morgan fingerprint density at radius 2 is 1.45 bits per heavy atom. The summed E-state index contributed by atoms with van der Waals surface area (Å²) in [5.74, 6) is 1.19. The van der Waals surface area contributed by atoms with E-state index < -0.39 is 0 Å². The number of rotatable bonds is 9. The lowest BCUT2D eigenvalue weighted by Gasteiger charge is -2.39. The van der Waals surface area contributed by atoms with Gasteiger partial charge in [-0.25, -0.2) is 4.79 Å². The van der Waals surface area contributed by atoms with Crippen molar-refractivity contribution in [2.24, 2.45) is 5.92 Å². The third-order valence-corrected chi connectivity index (χ3v) is 10.1. The number of hydrogen-bond donors (Lipinski definition) is 1. The zero-order valence-electron chi connectivity index (χ0n) is 28.2. The average Bonchev–Trinajstić information content (AvgIpc) is 3.59. The van der Waals surface area contributed by atoms with Crippen molar-refractivity contribution in [3.63, 3.8) is 0 Å².